The largest absolute Gasteiger partial charge is 0.368 e. The van der Waals surface area contributed by atoms with Crippen LogP contribution in [0.25, 0.3) is 0 Å². The van der Waals surface area contributed by atoms with Crippen LogP contribution in [0.3, 0.4) is 0 Å². The molecule has 2 heteroatoms. The van der Waals surface area contributed by atoms with Crippen molar-refractivity contribution in [3.63, 3.8) is 0 Å². The number of rotatable bonds is 3. The molecule has 0 bridgehead atoms. The van der Waals surface area contributed by atoms with Crippen LogP contribution in [0.15, 0.2) is 0 Å². The highest BCUT2D eigenvalue weighted by Crippen LogP contribution is 2.27. The van der Waals surface area contributed by atoms with Crippen molar-refractivity contribution in [3.8, 4) is 0 Å². The van der Waals surface area contributed by atoms with Crippen LogP contribution in [0.5, 0.6) is 0 Å². The highest BCUT2D eigenvalue weighted by Gasteiger charge is 2.22. The molecule has 1 aliphatic carbocycles. The average molecular weight is 144 g/mol. The molecule has 1 fully saturated rings. The van der Waals surface area contributed by atoms with Gasteiger partial charge in [-0.3, -0.25) is 0 Å². The van der Waals surface area contributed by atoms with Crippen molar-refractivity contribution < 1.29 is 9.84 Å². The van der Waals surface area contributed by atoms with Crippen LogP contribution in [-0.4, -0.2) is 18.0 Å². The Kier molecular flexibility index (Phi) is 3.16. The lowest BCUT2D eigenvalue weighted by atomic mass is 10.1. The zero-order valence-electron chi connectivity index (χ0n) is 6.55. The van der Waals surface area contributed by atoms with Crippen molar-refractivity contribution in [2.45, 2.75) is 38.9 Å². The molecule has 1 aliphatic rings. The first-order valence-electron chi connectivity index (χ1n) is 4.14. The number of aliphatic hydroxyl groups is 1. The molecule has 1 unspecified atom stereocenters. The van der Waals surface area contributed by atoms with E-state index >= 15 is 0 Å². The zero-order valence-corrected chi connectivity index (χ0v) is 6.55. The Balaban J connectivity index is 2.18. The fourth-order valence-electron chi connectivity index (χ4n) is 1.55. The lowest BCUT2D eigenvalue weighted by Gasteiger charge is -2.16. The van der Waals surface area contributed by atoms with E-state index in [1.807, 2.05) is 6.92 Å². The molecule has 0 spiro atoms. The summed E-state index contributed by atoms with van der Waals surface area (Å²) in [4.78, 5) is 0. The van der Waals surface area contributed by atoms with Crippen LogP contribution in [0.4, 0.5) is 0 Å². The molecule has 1 N–H and O–H groups in total. The molecule has 1 rings (SSSR count). The lowest BCUT2D eigenvalue weighted by Crippen LogP contribution is -2.20. The Bertz CT molecular complexity index is 87.3. The summed E-state index contributed by atoms with van der Waals surface area (Å²) in [5, 5.41) is 9.33. The first-order valence-corrected chi connectivity index (χ1v) is 4.14. The van der Waals surface area contributed by atoms with Crippen LogP contribution in [0, 0.1) is 5.92 Å². The van der Waals surface area contributed by atoms with Crippen molar-refractivity contribution in [2.75, 3.05) is 6.61 Å². The van der Waals surface area contributed by atoms with E-state index in [0.717, 1.165) is 12.8 Å². The highest BCUT2D eigenvalue weighted by atomic mass is 16.6. The van der Waals surface area contributed by atoms with E-state index < -0.39 is 6.29 Å². The van der Waals surface area contributed by atoms with Gasteiger partial charge < -0.3 is 9.84 Å². The topological polar surface area (TPSA) is 29.5 Å². The fraction of sp³-hybridized carbons (Fsp3) is 1.00. The van der Waals surface area contributed by atoms with Gasteiger partial charge in [0.1, 0.15) is 0 Å². The molecule has 0 aliphatic heterocycles. The molecule has 0 heterocycles. The summed E-state index contributed by atoms with van der Waals surface area (Å²) >= 11 is 0. The van der Waals surface area contributed by atoms with Gasteiger partial charge in [-0.25, -0.2) is 0 Å². The van der Waals surface area contributed by atoms with E-state index in [4.69, 9.17) is 4.74 Å². The molecule has 60 valence electrons. The van der Waals surface area contributed by atoms with Crippen LogP contribution in [0.2, 0.25) is 0 Å². The number of ether oxygens (including phenoxy) is 1. The molecule has 0 aromatic heterocycles. The highest BCUT2D eigenvalue weighted by molar-refractivity contribution is 4.68. The molecule has 1 saturated carbocycles. The zero-order chi connectivity index (χ0) is 7.40. The second kappa shape index (κ2) is 3.94. The second-order valence-electron chi connectivity index (χ2n) is 2.89. The predicted octanol–water partition coefficient (Wildman–Crippen LogP) is 1.53. The normalized spacial score (nSPS) is 23.4. The third-order valence-corrected chi connectivity index (χ3v) is 2.14. The van der Waals surface area contributed by atoms with Gasteiger partial charge in [0.15, 0.2) is 6.29 Å². The van der Waals surface area contributed by atoms with Gasteiger partial charge >= 0.3 is 0 Å². The maximum Gasteiger partial charge on any atom is 0.157 e. The third-order valence-electron chi connectivity index (χ3n) is 2.14. The summed E-state index contributed by atoms with van der Waals surface area (Å²) in [6.07, 6.45) is 4.30. The van der Waals surface area contributed by atoms with E-state index in [0.29, 0.717) is 12.5 Å². The minimum atomic E-state index is -0.493. The Labute approximate surface area is 62.2 Å². The number of hydrogen-bond donors (Lipinski definition) is 1. The van der Waals surface area contributed by atoms with Crippen molar-refractivity contribution in [2.24, 2.45) is 5.92 Å². The SMILES string of the molecule is CCOC(O)C1CCCC1. The molecule has 0 amide bonds. The summed E-state index contributed by atoms with van der Waals surface area (Å²) in [5.74, 6) is 0.417. The molecule has 1 atom stereocenters. The minimum Gasteiger partial charge on any atom is -0.368 e. The van der Waals surface area contributed by atoms with Crippen molar-refractivity contribution >= 4 is 0 Å². The molecule has 10 heavy (non-hydrogen) atoms. The molecular weight excluding hydrogens is 128 g/mol. The van der Waals surface area contributed by atoms with E-state index in [1.54, 1.807) is 0 Å². The fourth-order valence-corrected chi connectivity index (χ4v) is 1.55. The van der Waals surface area contributed by atoms with Crippen LogP contribution in [0.1, 0.15) is 32.6 Å². The maximum absolute atomic E-state index is 9.33. The van der Waals surface area contributed by atoms with Gasteiger partial charge in [0.2, 0.25) is 0 Å². The first kappa shape index (κ1) is 8.02. The Morgan fingerprint density at radius 3 is 2.60 bits per heavy atom. The van der Waals surface area contributed by atoms with Crippen molar-refractivity contribution in [1.82, 2.24) is 0 Å². The third kappa shape index (κ3) is 1.96. The Morgan fingerprint density at radius 2 is 2.10 bits per heavy atom. The molecular formula is C8H16O2. The minimum absolute atomic E-state index is 0.417. The van der Waals surface area contributed by atoms with Gasteiger partial charge in [0.25, 0.3) is 0 Å². The van der Waals surface area contributed by atoms with E-state index in [2.05, 4.69) is 0 Å². The standard InChI is InChI=1S/C8H16O2/c1-2-10-8(9)7-5-3-4-6-7/h7-9H,2-6H2,1H3. The van der Waals surface area contributed by atoms with Gasteiger partial charge in [0, 0.05) is 12.5 Å². The van der Waals surface area contributed by atoms with E-state index in [9.17, 15) is 5.11 Å². The molecule has 0 saturated heterocycles. The predicted molar refractivity (Wildman–Crippen MR) is 39.6 cm³/mol. The van der Waals surface area contributed by atoms with Crippen molar-refractivity contribution in [1.29, 1.82) is 0 Å². The maximum atomic E-state index is 9.33. The van der Waals surface area contributed by atoms with E-state index in [1.165, 1.54) is 12.8 Å². The van der Waals surface area contributed by atoms with Gasteiger partial charge in [0.05, 0.1) is 0 Å². The number of hydrogen-bond acceptors (Lipinski definition) is 2. The quantitative estimate of drug-likeness (QED) is 0.609. The summed E-state index contributed by atoms with van der Waals surface area (Å²) in [6, 6.07) is 0. The second-order valence-corrected chi connectivity index (χ2v) is 2.89. The van der Waals surface area contributed by atoms with Gasteiger partial charge in [-0.15, -0.1) is 0 Å². The Hall–Kier alpha value is -0.0800. The van der Waals surface area contributed by atoms with E-state index in [-0.39, 0.29) is 0 Å². The molecule has 0 aromatic rings. The Morgan fingerprint density at radius 1 is 1.50 bits per heavy atom. The molecule has 0 radical (unpaired) electrons. The first-order chi connectivity index (χ1) is 4.84. The molecule has 0 aromatic carbocycles. The van der Waals surface area contributed by atoms with Gasteiger partial charge in [-0.2, -0.15) is 0 Å². The molecule has 2 nitrogen and oxygen atoms in total. The number of aliphatic hydroxyl groups excluding tert-OH is 1. The average Bonchev–Trinajstić information content (AvgIpc) is 2.38. The van der Waals surface area contributed by atoms with Crippen LogP contribution < -0.4 is 0 Å². The van der Waals surface area contributed by atoms with Crippen molar-refractivity contribution in [3.05, 3.63) is 0 Å². The summed E-state index contributed by atoms with van der Waals surface area (Å²) in [6.45, 7) is 2.54. The summed E-state index contributed by atoms with van der Waals surface area (Å²) in [5.41, 5.74) is 0. The van der Waals surface area contributed by atoms with Crippen LogP contribution >= 0.6 is 0 Å². The monoisotopic (exact) mass is 144 g/mol. The smallest absolute Gasteiger partial charge is 0.157 e. The van der Waals surface area contributed by atoms with Gasteiger partial charge in [-0.05, 0) is 19.8 Å². The van der Waals surface area contributed by atoms with Gasteiger partial charge in [-0.1, -0.05) is 12.8 Å². The summed E-state index contributed by atoms with van der Waals surface area (Å²) < 4.78 is 5.08. The summed E-state index contributed by atoms with van der Waals surface area (Å²) in [7, 11) is 0. The van der Waals surface area contributed by atoms with Crippen LogP contribution in [-0.2, 0) is 4.74 Å². The lowest BCUT2D eigenvalue weighted by molar-refractivity contribution is -0.128.